The lowest BCUT2D eigenvalue weighted by molar-refractivity contribution is -0.126. The summed E-state index contributed by atoms with van der Waals surface area (Å²) in [6.45, 7) is 0. The smallest absolute Gasteiger partial charge is 0.250 e. The highest BCUT2D eigenvalue weighted by atomic mass is 35.5. The first-order valence-corrected chi connectivity index (χ1v) is 7.07. The number of halogens is 1. The highest BCUT2D eigenvalue weighted by Gasteiger charge is 2.24. The fourth-order valence-corrected chi connectivity index (χ4v) is 1.86. The number of ketones is 1. The Morgan fingerprint density at radius 1 is 1.22 bits per heavy atom. The molecular weight excluding hydrogens is 314 g/mol. The molecule has 0 radical (unpaired) electrons. The van der Waals surface area contributed by atoms with E-state index in [4.69, 9.17) is 16.9 Å². The quantitative estimate of drug-likeness (QED) is 0.676. The van der Waals surface area contributed by atoms with Gasteiger partial charge in [-0.2, -0.15) is 5.26 Å². The standard InChI is InChI=1S/C17H12ClN3O2/c18-13-7-4-12(5-8-13)6-9-15(22)14(11-19)17(23)21-16-3-1-2-10-20-16/h1-10,14H,(H,20,21,23)/b9-6+/t14-/m0/s1. The van der Waals surface area contributed by atoms with Gasteiger partial charge in [0, 0.05) is 11.2 Å². The van der Waals surface area contributed by atoms with Crippen LogP contribution >= 0.6 is 11.6 Å². The largest absolute Gasteiger partial charge is 0.309 e. The second kappa shape index (κ2) is 7.87. The van der Waals surface area contributed by atoms with Crippen LogP contribution in [0.15, 0.2) is 54.7 Å². The minimum absolute atomic E-state index is 0.284. The molecule has 1 aromatic heterocycles. The molecule has 5 nitrogen and oxygen atoms in total. The lowest BCUT2D eigenvalue weighted by Crippen LogP contribution is -2.27. The van der Waals surface area contributed by atoms with E-state index in [0.717, 1.165) is 5.56 Å². The molecule has 0 saturated heterocycles. The molecule has 1 N–H and O–H groups in total. The summed E-state index contributed by atoms with van der Waals surface area (Å²) in [7, 11) is 0. The summed E-state index contributed by atoms with van der Waals surface area (Å²) in [6, 6.07) is 13.5. The van der Waals surface area contributed by atoms with Crippen LogP contribution in [-0.2, 0) is 9.59 Å². The summed E-state index contributed by atoms with van der Waals surface area (Å²) in [4.78, 5) is 27.9. The van der Waals surface area contributed by atoms with E-state index in [2.05, 4.69) is 10.3 Å². The zero-order chi connectivity index (χ0) is 16.7. The maximum absolute atomic E-state index is 12.0. The highest BCUT2D eigenvalue weighted by Crippen LogP contribution is 2.12. The topological polar surface area (TPSA) is 82.8 Å². The minimum atomic E-state index is -1.43. The van der Waals surface area contributed by atoms with Crippen molar-refractivity contribution < 1.29 is 9.59 Å². The molecule has 114 valence electrons. The summed E-state index contributed by atoms with van der Waals surface area (Å²) < 4.78 is 0. The Bertz CT molecular complexity index is 765. The number of allylic oxidation sites excluding steroid dienone is 1. The van der Waals surface area contributed by atoms with E-state index in [1.54, 1.807) is 48.5 Å². The predicted molar refractivity (Wildman–Crippen MR) is 87.5 cm³/mol. The van der Waals surface area contributed by atoms with Gasteiger partial charge >= 0.3 is 0 Å². The number of amides is 1. The van der Waals surface area contributed by atoms with Gasteiger partial charge in [0.15, 0.2) is 11.7 Å². The Balaban J connectivity index is 2.05. The van der Waals surface area contributed by atoms with E-state index >= 15 is 0 Å². The number of hydrogen-bond donors (Lipinski definition) is 1. The molecular formula is C17H12ClN3O2. The summed E-state index contributed by atoms with van der Waals surface area (Å²) in [5, 5.41) is 12.1. The lowest BCUT2D eigenvalue weighted by atomic mass is 10.0. The van der Waals surface area contributed by atoms with Gasteiger partial charge in [-0.25, -0.2) is 4.98 Å². The molecule has 0 aliphatic carbocycles. The first-order valence-electron chi connectivity index (χ1n) is 6.69. The van der Waals surface area contributed by atoms with Crippen LogP contribution in [0.1, 0.15) is 5.56 Å². The average molecular weight is 326 g/mol. The number of carbonyl (C=O) groups excluding carboxylic acids is 2. The molecule has 0 aliphatic rings. The Hall–Kier alpha value is -2.97. The Morgan fingerprint density at radius 3 is 2.57 bits per heavy atom. The Kier molecular flexibility index (Phi) is 5.61. The maximum atomic E-state index is 12.0. The van der Waals surface area contributed by atoms with Crippen molar-refractivity contribution in [3.05, 3.63) is 65.3 Å². The molecule has 1 heterocycles. The van der Waals surface area contributed by atoms with Crippen molar-refractivity contribution in [2.24, 2.45) is 5.92 Å². The third kappa shape index (κ3) is 4.77. The molecule has 1 aromatic carbocycles. The van der Waals surface area contributed by atoms with Crippen molar-refractivity contribution in [1.82, 2.24) is 4.98 Å². The van der Waals surface area contributed by atoms with Crippen LogP contribution in [0.25, 0.3) is 6.08 Å². The summed E-state index contributed by atoms with van der Waals surface area (Å²) in [5.74, 6) is -2.46. The van der Waals surface area contributed by atoms with E-state index in [9.17, 15) is 9.59 Å². The number of rotatable bonds is 5. The number of hydrogen-bond acceptors (Lipinski definition) is 4. The molecule has 0 bridgehead atoms. The van der Waals surface area contributed by atoms with Gasteiger partial charge in [-0.05, 0) is 35.9 Å². The number of carbonyl (C=O) groups is 2. The average Bonchev–Trinajstić information content (AvgIpc) is 2.56. The van der Waals surface area contributed by atoms with Crippen LogP contribution in [0.3, 0.4) is 0 Å². The third-order valence-electron chi connectivity index (χ3n) is 2.90. The third-order valence-corrected chi connectivity index (χ3v) is 3.15. The van der Waals surface area contributed by atoms with Gasteiger partial charge in [-0.3, -0.25) is 9.59 Å². The van der Waals surface area contributed by atoms with E-state index < -0.39 is 17.6 Å². The zero-order valence-electron chi connectivity index (χ0n) is 11.9. The summed E-state index contributed by atoms with van der Waals surface area (Å²) >= 11 is 5.77. The molecule has 2 rings (SSSR count). The zero-order valence-corrected chi connectivity index (χ0v) is 12.7. The second-order valence-electron chi connectivity index (χ2n) is 4.55. The minimum Gasteiger partial charge on any atom is -0.309 e. The molecule has 2 aromatic rings. The number of nitriles is 1. The van der Waals surface area contributed by atoms with Crippen molar-refractivity contribution in [1.29, 1.82) is 5.26 Å². The van der Waals surface area contributed by atoms with Crippen molar-refractivity contribution in [3.63, 3.8) is 0 Å². The number of aromatic nitrogens is 1. The fraction of sp³-hybridized carbons (Fsp3) is 0.0588. The number of pyridine rings is 1. The lowest BCUT2D eigenvalue weighted by Gasteiger charge is -2.06. The highest BCUT2D eigenvalue weighted by molar-refractivity contribution is 6.30. The maximum Gasteiger partial charge on any atom is 0.250 e. The number of nitrogens with zero attached hydrogens (tertiary/aromatic N) is 2. The second-order valence-corrected chi connectivity index (χ2v) is 4.99. The van der Waals surface area contributed by atoms with Crippen LogP contribution < -0.4 is 5.32 Å². The van der Waals surface area contributed by atoms with E-state index in [-0.39, 0.29) is 5.82 Å². The van der Waals surface area contributed by atoms with Crippen molar-refractivity contribution in [2.75, 3.05) is 5.32 Å². The van der Waals surface area contributed by atoms with Crippen LogP contribution in [0.5, 0.6) is 0 Å². The van der Waals surface area contributed by atoms with Gasteiger partial charge in [0.1, 0.15) is 5.82 Å². The van der Waals surface area contributed by atoms with E-state index in [1.165, 1.54) is 18.3 Å². The van der Waals surface area contributed by atoms with Gasteiger partial charge in [0.2, 0.25) is 0 Å². The van der Waals surface area contributed by atoms with Crippen LogP contribution in [-0.4, -0.2) is 16.7 Å². The molecule has 23 heavy (non-hydrogen) atoms. The number of anilines is 1. The first-order chi connectivity index (χ1) is 11.1. The van der Waals surface area contributed by atoms with Gasteiger partial charge < -0.3 is 5.32 Å². The van der Waals surface area contributed by atoms with Crippen molar-refractivity contribution in [3.8, 4) is 6.07 Å². The SMILES string of the molecule is N#C[C@@H](C(=O)/C=C/c1ccc(Cl)cc1)C(=O)Nc1ccccn1. The molecule has 0 saturated carbocycles. The summed E-state index contributed by atoms with van der Waals surface area (Å²) in [6.07, 6.45) is 4.23. The van der Waals surface area contributed by atoms with E-state index in [0.29, 0.717) is 5.02 Å². The first kappa shape index (κ1) is 16.4. The van der Waals surface area contributed by atoms with Crippen molar-refractivity contribution >= 4 is 35.2 Å². The molecule has 0 fully saturated rings. The molecule has 1 amide bonds. The predicted octanol–water partition coefficient (Wildman–Crippen LogP) is 3.10. The van der Waals surface area contributed by atoms with Crippen molar-refractivity contribution in [2.45, 2.75) is 0 Å². The molecule has 0 unspecified atom stereocenters. The molecule has 0 spiro atoms. The van der Waals surface area contributed by atoms with Crippen LogP contribution in [0, 0.1) is 17.2 Å². The number of benzene rings is 1. The van der Waals surface area contributed by atoms with Gasteiger partial charge in [-0.15, -0.1) is 0 Å². The van der Waals surface area contributed by atoms with Gasteiger partial charge in [-0.1, -0.05) is 35.9 Å². The normalized spacial score (nSPS) is 11.7. The number of nitrogens with one attached hydrogen (secondary N) is 1. The molecule has 1 atom stereocenters. The Labute approximate surface area is 138 Å². The Morgan fingerprint density at radius 2 is 1.96 bits per heavy atom. The van der Waals surface area contributed by atoms with Crippen LogP contribution in [0.4, 0.5) is 5.82 Å². The summed E-state index contributed by atoms with van der Waals surface area (Å²) in [5.41, 5.74) is 0.740. The molecule has 0 aliphatic heterocycles. The van der Waals surface area contributed by atoms with Gasteiger partial charge in [0.05, 0.1) is 6.07 Å². The molecule has 6 heteroatoms. The van der Waals surface area contributed by atoms with E-state index in [1.807, 2.05) is 0 Å². The monoisotopic (exact) mass is 325 g/mol. The fourth-order valence-electron chi connectivity index (χ4n) is 1.74. The van der Waals surface area contributed by atoms with Crippen LogP contribution in [0.2, 0.25) is 5.02 Å². The van der Waals surface area contributed by atoms with Gasteiger partial charge in [0.25, 0.3) is 5.91 Å².